The van der Waals surface area contributed by atoms with Crippen molar-refractivity contribution < 1.29 is 0 Å². The zero-order valence-electron chi connectivity index (χ0n) is 10.7. The molecule has 0 fully saturated rings. The maximum Gasteiger partial charge on any atom is 0.145 e. The lowest BCUT2D eigenvalue weighted by atomic mass is 10.1. The summed E-state index contributed by atoms with van der Waals surface area (Å²) in [6, 6.07) is 6.99. The summed E-state index contributed by atoms with van der Waals surface area (Å²) < 4.78 is 0. The monoisotopic (exact) mass is 348 g/mol. The number of benzene rings is 1. The smallest absolute Gasteiger partial charge is 0.145 e. The molecule has 0 radical (unpaired) electrons. The molecule has 0 aliphatic carbocycles. The van der Waals surface area contributed by atoms with Gasteiger partial charge in [0.25, 0.3) is 0 Å². The number of hydrogen-bond acceptors (Lipinski definition) is 2. The lowest BCUT2D eigenvalue weighted by Gasteiger charge is -2.12. The Morgan fingerprint density at radius 1 is 1.05 bits per heavy atom. The van der Waals surface area contributed by atoms with Crippen molar-refractivity contribution in [1.29, 1.82) is 0 Å². The second kappa shape index (κ2) is 6.86. The first-order valence-corrected chi connectivity index (χ1v) is 7.60. The Labute approximate surface area is 138 Å². The van der Waals surface area contributed by atoms with E-state index in [9.17, 15) is 0 Å². The van der Waals surface area contributed by atoms with Crippen LogP contribution in [-0.2, 0) is 0 Å². The van der Waals surface area contributed by atoms with E-state index in [0.717, 1.165) is 13.0 Å². The lowest BCUT2D eigenvalue weighted by Crippen LogP contribution is -2.03. The first-order chi connectivity index (χ1) is 9.54. The van der Waals surface area contributed by atoms with E-state index in [0.29, 0.717) is 37.2 Å². The second-order valence-electron chi connectivity index (χ2n) is 4.18. The van der Waals surface area contributed by atoms with Crippen molar-refractivity contribution in [3.05, 3.63) is 44.4 Å². The molecule has 0 saturated heterocycles. The Balaban J connectivity index is 2.53. The number of nitrogens with zero attached hydrogens (tertiary/aromatic N) is 1. The number of nitrogens with one attached hydrogen (secondary N) is 1. The van der Waals surface area contributed by atoms with Crippen LogP contribution in [0.25, 0.3) is 11.3 Å². The maximum absolute atomic E-state index is 6.22. The fourth-order valence-electron chi connectivity index (χ4n) is 1.71. The van der Waals surface area contributed by atoms with Gasteiger partial charge in [0.1, 0.15) is 5.82 Å². The molecular formula is C14H12Cl4N2. The standard InChI is InChI=1S/C14H12Cl4N2/c1-2-6-19-14-11(17)7-10(16)13(20-14)8-4-3-5-9(15)12(8)18/h3-5,7H,2,6H2,1H3,(H,19,20). The van der Waals surface area contributed by atoms with E-state index in [4.69, 9.17) is 46.4 Å². The number of aromatic nitrogens is 1. The van der Waals surface area contributed by atoms with Gasteiger partial charge in [0.05, 0.1) is 25.8 Å². The summed E-state index contributed by atoms with van der Waals surface area (Å²) in [5, 5.41) is 4.95. The average Bonchev–Trinajstić information content (AvgIpc) is 2.41. The minimum absolute atomic E-state index is 0.423. The molecule has 0 unspecified atom stereocenters. The molecule has 0 spiro atoms. The minimum Gasteiger partial charge on any atom is -0.369 e. The zero-order chi connectivity index (χ0) is 14.7. The summed E-state index contributed by atoms with van der Waals surface area (Å²) in [5.74, 6) is 0.587. The van der Waals surface area contributed by atoms with Gasteiger partial charge in [0.15, 0.2) is 0 Å². The third-order valence-corrected chi connectivity index (χ3v) is 4.07. The number of halogens is 4. The van der Waals surface area contributed by atoms with Crippen LogP contribution >= 0.6 is 46.4 Å². The molecule has 1 N–H and O–H groups in total. The first-order valence-electron chi connectivity index (χ1n) is 6.09. The molecule has 0 aliphatic heterocycles. The van der Waals surface area contributed by atoms with E-state index in [1.54, 1.807) is 18.2 Å². The first kappa shape index (κ1) is 15.7. The van der Waals surface area contributed by atoms with Crippen molar-refractivity contribution in [2.45, 2.75) is 13.3 Å². The summed E-state index contributed by atoms with van der Waals surface area (Å²) >= 11 is 24.6. The summed E-state index contributed by atoms with van der Waals surface area (Å²) in [7, 11) is 0. The number of anilines is 1. The second-order valence-corrected chi connectivity index (χ2v) is 5.78. The van der Waals surface area contributed by atoms with Crippen molar-refractivity contribution >= 4 is 52.2 Å². The van der Waals surface area contributed by atoms with Crippen molar-refractivity contribution in [3.8, 4) is 11.3 Å². The molecule has 0 saturated carbocycles. The van der Waals surface area contributed by atoms with E-state index in [-0.39, 0.29) is 0 Å². The normalized spacial score (nSPS) is 10.7. The molecule has 0 bridgehead atoms. The SMILES string of the molecule is CCCNc1nc(-c2cccc(Cl)c2Cl)c(Cl)cc1Cl. The van der Waals surface area contributed by atoms with Crippen molar-refractivity contribution in [2.24, 2.45) is 0 Å². The lowest BCUT2D eigenvalue weighted by molar-refractivity contribution is 0.970. The van der Waals surface area contributed by atoms with Crippen molar-refractivity contribution in [2.75, 3.05) is 11.9 Å². The molecule has 1 aromatic heterocycles. The molecule has 0 atom stereocenters. The van der Waals surface area contributed by atoms with Crippen LogP contribution in [0.3, 0.4) is 0 Å². The van der Waals surface area contributed by atoms with Crippen LogP contribution in [0, 0.1) is 0 Å². The molecule has 2 nitrogen and oxygen atoms in total. The topological polar surface area (TPSA) is 24.9 Å². The quantitative estimate of drug-likeness (QED) is 0.712. The van der Waals surface area contributed by atoms with E-state index in [2.05, 4.69) is 17.2 Å². The predicted octanol–water partition coefficient (Wildman–Crippen LogP) is 6.18. The van der Waals surface area contributed by atoms with E-state index in [1.807, 2.05) is 6.07 Å². The van der Waals surface area contributed by atoms with Gasteiger partial charge in [-0.25, -0.2) is 4.98 Å². The fraction of sp³-hybridized carbons (Fsp3) is 0.214. The molecule has 2 rings (SSSR count). The third-order valence-electron chi connectivity index (χ3n) is 2.68. The number of rotatable bonds is 4. The highest BCUT2D eigenvalue weighted by atomic mass is 35.5. The zero-order valence-corrected chi connectivity index (χ0v) is 13.7. The molecule has 1 heterocycles. The Hall–Kier alpha value is -0.670. The van der Waals surface area contributed by atoms with Crippen LogP contribution in [0.15, 0.2) is 24.3 Å². The van der Waals surface area contributed by atoms with Crippen LogP contribution in [0.1, 0.15) is 13.3 Å². The van der Waals surface area contributed by atoms with E-state index >= 15 is 0 Å². The molecule has 106 valence electrons. The van der Waals surface area contributed by atoms with Crippen molar-refractivity contribution in [1.82, 2.24) is 4.98 Å². The van der Waals surface area contributed by atoms with Gasteiger partial charge in [-0.3, -0.25) is 0 Å². The average molecular weight is 350 g/mol. The van der Waals surface area contributed by atoms with Gasteiger partial charge in [-0.15, -0.1) is 0 Å². The summed E-state index contributed by atoms with van der Waals surface area (Å²) in [5.41, 5.74) is 1.24. The predicted molar refractivity (Wildman–Crippen MR) is 88.5 cm³/mol. The van der Waals surface area contributed by atoms with Gasteiger partial charge in [-0.1, -0.05) is 65.5 Å². The van der Waals surface area contributed by atoms with E-state index < -0.39 is 0 Å². The van der Waals surface area contributed by atoms with Crippen LogP contribution < -0.4 is 5.32 Å². The Morgan fingerprint density at radius 2 is 1.80 bits per heavy atom. The Bertz CT molecular complexity index is 629. The largest absolute Gasteiger partial charge is 0.369 e. The number of pyridine rings is 1. The third kappa shape index (κ3) is 3.32. The van der Waals surface area contributed by atoms with Crippen LogP contribution in [0.2, 0.25) is 20.1 Å². The molecule has 0 aliphatic rings. The van der Waals surface area contributed by atoms with E-state index in [1.165, 1.54) is 0 Å². The number of hydrogen-bond donors (Lipinski definition) is 1. The van der Waals surface area contributed by atoms with Crippen LogP contribution in [0.4, 0.5) is 5.82 Å². The molecule has 2 aromatic rings. The Kier molecular flexibility index (Phi) is 5.39. The summed E-state index contributed by atoms with van der Waals surface area (Å²) in [6.07, 6.45) is 0.966. The molecule has 6 heteroatoms. The van der Waals surface area contributed by atoms with Gasteiger partial charge in [0.2, 0.25) is 0 Å². The Morgan fingerprint density at radius 3 is 2.50 bits per heavy atom. The molecular weight excluding hydrogens is 338 g/mol. The highest BCUT2D eigenvalue weighted by Crippen LogP contribution is 2.38. The van der Waals surface area contributed by atoms with Gasteiger partial charge >= 0.3 is 0 Å². The summed E-state index contributed by atoms with van der Waals surface area (Å²) in [4.78, 5) is 4.46. The van der Waals surface area contributed by atoms with Gasteiger partial charge in [-0.2, -0.15) is 0 Å². The maximum atomic E-state index is 6.22. The highest BCUT2D eigenvalue weighted by Gasteiger charge is 2.14. The van der Waals surface area contributed by atoms with Gasteiger partial charge in [0, 0.05) is 12.1 Å². The highest BCUT2D eigenvalue weighted by molar-refractivity contribution is 6.44. The van der Waals surface area contributed by atoms with Gasteiger partial charge < -0.3 is 5.32 Å². The molecule has 0 amide bonds. The molecule has 20 heavy (non-hydrogen) atoms. The van der Waals surface area contributed by atoms with Gasteiger partial charge in [-0.05, 0) is 18.6 Å². The van der Waals surface area contributed by atoms with Crippen LogP contribution in [-0.4, -0.2) is 11.5 Å². The van der Waals surface area contributed by atoms with Crippen molar-refractivity contribution in [3.63, 3.8) is 0 Å². The fourth-order valence-corrected chi connectivity index (χ4v) is 2.63. The van der Waals surface area contributed by atoms with Crippen LogP contribution in [0.5, 0.6) is 0 Å². The summed E-state index contributed by atoms with van der Waals surface area (Å²) in [6.45, 7) is 2.84. The molecule has 1 aromatic carbocycles. The minimum atomic E-state index is 0.423.